The number of amides is 1. The van der Waals surface area contributed by atoms with E-state index >= 15 is 0 Å². The summed E-state index contributed by atoms with van der Waals surface area (Å²) in [5.41, 5.74) is 0. The maximum absolute atomic E-state index is 9.88. The monoisotopic (exact) mass is 198 g/mol. The highest BCUT2D eigenvalue weighted by atomic mass is 16.1. The molecule has 0 aromatic rings. The van der Waals surface area contributed by atoms with Crippen molar-refractivity contribution in [3.05, 3.63) is 0 Å². The molecule has 0 atom stereocenters. The van der Waals surface area contributed by atoms with Crippen LogP contribution in [0.25, 0.3) is 0 Å². The van der Waals surface area contributed by atoms with Crippen molar-refractivity contribution >= 4 is 6.41 Å². The Hall–Kier alpha value is -0.610. The van der Waals surface area contributed by atoms with Crippen LogP contribution in [0.5, 0.6) is 0 Å². The lowest BCUT2D eigenvalue weighted by Gasteiger charge is -2.33. The Morgan fingerprint density at radius 3 is 2.43 bits per heavy atom. The largest absolute Gasteiger partial charge is 0.348 e. The second kappa shape index (κ2) is 6.79. The molecule has 1 rings (SSSR count). The zero-order chi connectivity index (χ0) is 10.2. The molecular weight excluding hydrogens is 178 g/mol. The zero-order valence-electron chi connectivity index (χ0n) is 8.96. The van der Waals surface area contributed by atoms with Crippen LogP contribution in [0.2, 0.25) is 0 Å². The second-order valence-corrected chi connectivity index (χ2v) is 3.66. The van der Waals surface area contributed by atoms with Crippen molar-refractivity contribution in [3.63, 3.8) is 0 Å². The van der Waals surface area contributed by atoms with E-state index in [0.717, 1.165) is 26.1 Å². The van der Waals surface area contributed by atoms with Gasteiger partial charge in [-0.25, -0.2) is 0 Å². The predicted molar refractivity (Wildman–Crippen MR) is 56.9 cm³/mol. The lowest BCUT2D eigenvalue weighted by atomic mass is 10.3. The third kappa shape index (κ3) is 4.07. The first-order valence-electron chi connectivity index (χ1n) is 5.41. The average molecular weight is 198 g/mol. The van der Waals surface area contributed by atoms with Crippen molar-refractivity contribution in [1.29, 1.82) is 0 Å². The summed E-state index contributed by atoms with van der Waals surface area (Å²) < 4.78 is 0. The Balaban J connectivity index is 2.01. The average Bonchev–Trinajstić information content (AvgIpc) is 2.25. The molecule has 14 heavy (non-hydrogen) atoms. The zero-order valence-corrected chi connectivity index (χ0v) is 8.96. The van der Waals surface area contributed by atoms with Crippen LogP contribution < -0.4 is 5.32 Å². The standard InChI is InChI=1S/C10H20N3O/c1-2-12-6-8-13(9-7-12)5-3-4-11-10-14/h2-9H2,1H3,(H,11,14). The van der Waals surface area contributed by atoms with Crippen molar-refractivity contribution in [2.24, 2.45) is 0 Å². The van der Waals surface area contributed by atoms with E-state index in [9.17, 15) is 4.79 Å². The Morgan fingerprint density at radius 2 is 1.86 bits per heavy atom. The van der Waals surface area contributed by atoms with E-state index in [4.69, 9.17) is 0 Å². The molecule has 1 fully saturated rings. The van der Waals surface area contributed by atoms with Gasteiger partial charge in [-0.1, -0.05) is 6.92 Å². The van der Waals surface area contributed by atoms with Gasteiger partial charge in [0.2, 0.25) is 0 Å². The highest BCUT2D eigenvalue weighted by Gasteiger charge is 2.14. The van der Waals surface area contributed by atoms with Gasteiger partial charge in [0.1, 0.15) is 0 Å². The van der Waals surface area contributed by atoms with E-state index in [1.54, 1.807) is 6.41 Å². The summed E-state index contributed by atoms with van der Waals surface area (Å²) in [5.74, 6) is 0. The minimum atomic E-state index is 0.748. The highest BCUT2D eigenvalue weighted by molar-refractivity contribution is 5.46. The van der Waals surface area contributed by atoms with Gasteiger partial charge in [0, 0.05) is 32.7 Å². The minimum Gasteiger partial charge on any atom is -0.348 e. The first kappa shape index (κ1) is 11.5. The number of carbonyl (C=O) groups excluding carboxylic acids is 1. The smallest absolute Gasteiger partial charge is 0.309 e. The maximum atomic E-state index is 9.88. The lowest BCUT2D eigenvalue weighted by Crippen LogP contribution is -2.46. The van der Waals surface area contributed by atoms with Gasteiger partial charge in [-0.2, -0.15) is 0 Å². The minimum absolute atomic E-state index is 0.748. The molecule has 1 amide bonds. The molecule has 4 heteroatoms. The molecule has 1 aliphatic rings. The highest BCUT2D eigenvalue weighted by Crippen LogP contribution is 2.01. The Morgan fingerprint density at radius 1 is 1.21 bits per heavy atom. The fourth-order valence-electron chi connectivity index (χ4n) is 1.77. The van der Waals surface area contributed by atoms with Crippen LogP contribution >= 0.6 is 0 Å². The van der Waals surface area contributed by atoms with E-state index in [2.05, 4.69) is 22.0 Å². The summed E-state index contributed by atoms with van der Waals surface area (Å²) >= 11 is 0. The fraction of sp³-hybridized carbons (Fsp3) is 0.900. The molecule has 0 spiro atoms. The van der Waals surface area contributed by atoms with Crippen molar-refractivity contribution in [2.75, 3.05) is 45.8 Å². The van der Waals surface area contributed by atoms with Crippen LogP contribution in [-0.2, 0) is 4.79 Å². The molecule has 4 nitrogen and oxygen atoms in total. The van der Waals surface area contributed by atoms with E-state index < -0.39 is 0 Å². The van der Waals surface area contributed by atoms with Crippen LogP contribution in [0.15, 0.2) is 0 Å². The molecule has 0 saturated carbocycles. The summed E-state index contributed by atoms with van der Waals surface area (Å²) in [6.07, 6.45) is 2.72. The van der Waals surface area contributed by atoms with Gasteiger partial charge in [-0.3, -0.25) is 4.79 Å². The van der Waals surface area contributed by atoms with Gasteiger partial charge in [-0.05, 0) is 19.5 Å². The molecule has 1 N–H and O–H groups in total. The number of piperazine rings is 1. The van der Waals surface area contributed by atoms with Crippen LogP contribution in [0, 0.1) is 0 Å². The van der Waals surface area contributed by atoms with Gasteiger partial charge in [-0.15, -0.1) is 0 Å². The van der Waals surface area contributed by atoms with Crippen molar-refractivity contribution in [3.8, 4) is 0 Å². The van der Waals surface area contributed by atoms with Gasteiger partial charge in [0.25, 0.3) is 0 Å². The molecule has 1 aliphatic heterocycles. The Bertz CT molecular complexity index is 155. The first-order valence-corrected chi connectivity index (χ1v) is 5.41. The molecule has 0 unspecified atom stereocenters. The van der Waals surface area contributed by atoms with Crippen LogP contribution in [0.1, 0.15) is 13.3 Å². The van der Waals surface area contributed by atoms with E-state index in [1.165, 1.54) is 26.2 Å². The molecule has 1 saturated heterocycles. The molecular formula is C10H20N3O. The number of hydrogen-bond donors (Lipinski definition) is 1. The normalized spacial score (nSPS) is 19.5. The summed E-state index contributed by atoms with van der Waals surface area (Å²) in [5, 5.41) is 2.57. The van der Waals surface area contributed by atoms with Gasteiger partial charge in [0.15, 0.2) is 0 Å². The Kier molecular flexibility index (Phi) is 5.56. The van der Waals surface area contributed by atoms with Gasteiger partial charge in [0.05, 0.1) is 0 Å². The van der Waals surface area contributed by atoms with E-state index in [-0.39, 0.29) is 0 Å². The lowest BCUT2D eigenvalue weighted by molar-refractivity contribution is 0.136. The first-order chi connectivity index (χ1) is 6.86. The van der Waals surface area contributed by atoms with Crippen molar-refractivity contribution in [2.45, 2.75) is 13.3 Å². The summed E-state index contributed by atoms with van der Waals surface area (Å²) in [6.45, 7) is 9.91. The van der Waals surface area contributed by atoms with Crippen molar-refractivity contribution < 1.29 is 4.79 Å². The molecule has 0 aliphatic carbocycles. The molecule has 0 aromatic heterocycles. The van der Waals surface area contributed by atoms with E-state index in [0.29, 0.717) is 0 Å². The Labute approximate surface area is 86.2 Å². The summed E-state index contributed by atoms with van der Waals surface area (Å²) in [7, 11) is 0. The van der Waals surface area contributed by atoms with Crippen LogP contribution in [0.4, 0.5) is 0 Å². The number of nitrogens with zero attached hydrogens (tertiary/aromatic N) is 2. The third-order valence-electron chi connectivity index (χ3n) is 2.76. The maximum Gasteiger partial charge on any atom is 0.309 e. The SMILES string of the molecule is CCN1CCN(CCCN[C]=O)CC1. The van der Waals surface area contributed by atoms with Crippen LogP contribution in [0.3, 0.4) is 0 Å². The van der Waals surface area contributed by atoms with Crippen LogP contribution in [-0.4, -0.2) is 62.0 Å². The summed E-state index contributed by atoms with van der Waals surface area (Å²) in [4.78, 5) is 14.8. The van der Waals surface area contributed by atoms with Gasteiger partial charge < -0.3 is 15.1 Å². The van der Waals surface area contributed by atoms with E-state index in [1.807, 2.05) is 0 Å². The number of rotatable bonds is 6. The molecule has 81 valence electrons. The molecule has 0 bridgehead atoms. The molecule has 1 radical (unpaired) electrons. The fourth-order valence-corrected chi connectivity index (χ4v) is 1.77. The number of hydrogen-bond acceptors (Lipinski definition) is 3. The van der Waals surface area contributed by atoms with Gasteiger partial charge >= 0.3 is 6.41 Å². The second-order valence-electron chi connectivity index (χ2n) is 3.66. The number of nitrogens with one attached hydrogen (secondary N) is 1. The molecule has 1 heterocycles. The van der Waals surface area contributed by atoms with Crippen molar-refractivity contribution in [1.82, 2.24) is 15.1 Å². The topological polar surface area (TPSA) is 35.6 Å². The number of likely N-dealkylation sites (N-methyl/N-ethyl adjacent to an activating group) is 1. The molecule has 0 aromatic carbocycles. The quantitative estimate of drug-likeness (QED) is 0.469. The predicted octanol–water partition coefficient (Wildman–Crippen LogP) is -0.329. The third-order valence-corrected chi connectivity index (χ3v) is 2.76. The summed E-state index contributed by atoms with van der Waals surface area (Å²) in [6, 6.07) is 0.